The maximum atomic E-state index is 5.88. The van der Waals surface area contributed by atoms with E-state index in [1.807, 2.05) is 30.3 Å². The van der Waals surface area contributed by atoms with E-state index in [0.717, 1.165) is 17.3 Å². The summed E-state index contributed by atoms with van der Waals surface area (Å²) in [6.07, 6.45) is 1.10. The Morgan fingerprint density at radius 1 is 1.35 bits per heavy atom. The van der Waals surface area contributed by atoms with Gasteiger partial charge in [0.05, 0.1) is 12.1 Å². The first kappa shape index (κ1) is 11.7. The average molecular weight is 230 g/mol. The predicted octanol–water partition coefficient (Wildman–Crippen LogP) is 3.24. The minimum atomic E-state index is 0.465. The minimum Gasteiger partial charge on any atom is -0.489 e. The highest BCUT2D eigenvalue weighted by Crippen LogP contribution is 2.25. The fourth-order valence-electron chi connectivity index (χ4n) is 1.58. The number of ether oxygens (including phenoxy) is 1. The maximum absolute atomic E-state index is 5.88. The van der Waals surface area contributed by atoms with Crippen molar-refractivity contribution in [2.24, 2.45) is 5.92 Å². The lowest BCUT2D eigenvalue weighted by Gasteiger charge is -2.12. The quantitative estimate of drug-likeness (QED) is 0.877. The Morgan fingerprint density at radius 3 is 2.88 bits per heavy atom. The Hall–Kier alpha value is -1.77. The fourth-order valence-corrected chi connectivity index (χ4v) is 1.58. The van der Waals surface area contributed by atoms with Crippen molar-refractivity contribution in [1.29, 1.82) is 0 Å². The molecule has 1 atom stereocenters. The van der Waals surface area contributed by atoms with Gasteiger partial charge >= 0.3 is 0 Å². The maximum Gasteiger partial charge on any atom is 0.166 e. The molecule has 0 saturated carbocycles. The van der Waals surface area contributed by atoms with Crippen LogP contribution >= 0.6 is 0 Å². The fraction of sp³-hybridized carbons (Fsp3) is 0.357. The van der Waals surface area contributed by atoms with Gasteiger partial charge in [0.2, 0.25) is 0 Å². The number of fused-ring (bicyclic) bond motifs is 1. The number of hydrogen-bond acceptors (Lipinski definition) is 3. The number of nitrogen functional groups attached to an aromatic ring is 1. The van der Waals surface area contributed by atoms with E-state index < -0.39 is 0 Å². The molecule has 0 saturated heterocycles. The van der Waals surface area contributed by atoms with Gasteiger partial charge in [0.15, 0.2) is 11.6 Å². The summed E-state index contributed by atoms with van der Waals surface area (Å²) in [5.74, 6) is 1.68. The highest BCUT2D eigenvalue weighted by Gasteiger charge is 2.06. The van der Waals surface area contributed by atoms with E-state index in [1.54, 1.807) is 0 Å². The number of anilines is 1. The number of rotatable bonds is 4. The second-order valence-corrected chi connectivity index (χ2v) is 4.39. The number of pyridine rings is 1. The van der Waals surface area contributed by atoms with Gasteiger partial charge in [0.1, 0.15) is 0 Å². The molecular weight excluding hydrogens is 212 g/mol. The largest absolute Gasteiger partial charge is 0.489 e. The van der Waals surface area contributed by atoms with E-state index in [-0.39, 0.29) is 0 Å². The number of nitrogens with zero attached hydrogens (tertiary/aromatic N) is 1. The van der Waals surface area contributed by atoms with Crippen LogP contribution in [0.1, 0.15) is 20.3 Å². The van der Waals surface area contributed by atoms with Crippen molar-refractivity contribution in [3.05, 3.63) is 30.3 Å². The molecule has 2 aromatic rings. The molecule has 0 aliphatic rings. The Balaban J connectivity index is 2.25. The molecular formula is C14H18N2O. The molecule has 17 heavy (non-hydrogen) atoms. The van der Waals surface area contributed by atoms with Crippen LogP contribution in [-0.4, -0.2) is 11.6 Å². The van der Waals surface area contributed by atoms with Crippen molar-refractivity contribution in [2.75, 3.05) is 12.3 Å². The van der Waals surface area contributed by atoms with Crippen LogP contribution in [0.2, 0.25) is 0 Å². The van der Waals surface area contributed by atoms with E-state index in [1.165, 1.54) is 0 Å². The molecule has 2 rings (SSSR count). The molecule has 0 spiro atoms. The lowest BCUT2D eigenvalue weighted by atomic mass is 10.1. The van der Waals surface area contributed by atoms with Crippen LogP contribution in [0.25, 0.3) is 10.9 Å². The minimum absolute atomic E-state index is 0.465. The smallest absolute Gasteiger partial charge is 0.166 e. The van der Waals surface area contributed by atoms with Crippen LogP contribution in [0.4, 0.5) is 5.82 Å². The summed E-state index contributed by atoms with van der Waals surface area (Å²) in [6.45, 7) is 4.99. The van der Waals surface area contributed by atoms with Gasteiger partial charge in [-0.1, -0.05) is 38.5 Å². The molecule has 0 fully saturated rings. The van der Waals surface area contributed by atoms with E-state index in [2.05, 4.69) is 18.8 Å². The summed E-state index contributed by atoms with van der Waals surface area (Å²) in [4.78, 5) is 4.33. The zero-order valence-corrected chi connectivity index (χ0v) is 10.3. The van der Waals surface area contributed by atoms with Gasteiger partial charge in [-0.25, -0.2) is 4.98 Å². The van der Waals surface area contributed by atoms with Crippen LogP contribution in [0, 0.1) is 5.92 Å². The molecule has 0 radical (unpaired) electrons. The molecule has 90 valence electrons. The van der Waals surface area contributed by atoms with Gasteiger partial charge in [-0.05, 0) is 18.1 Å². The van der Waals surface area contributed by atoms with Crippen LogP contribution < -0.4 is 10.5 Å². The van der Waals surface area contributed by atoms with E-state index >= 15 is 0 Å². The number of nitrogens with two attached hydrogens (primary N) is 1. The van der Waals surface area contributed by atoms with Crippen molar-refractivity contribution >= 4 is 16.7 Å². The summed E-state index contributed by atoms with van der Waals surface area (Å²) >= 11 is 0. The topological polar surface area (TPSA) is 48.1 Å². The van der Waals surface area contributed by atoms with Gasteiger partial charge in [-0.2, -0.15) is 0 Å². The Bertz CT molecular complexity index is 511. The van der Waals surface area contributed by atoms with E-state index in [0.29, 0.717) is 24.1 Å². The van der Waals surface area contributed by atoms with E-state index in [9.17, 15) is 0 Å². The van der Waals surface area contributed by atoms with E-state index in [4.69, 9.17) is 10.5 Å². The highest BCUT2D eigenvalue weighted by atomic mass is 16.5. The van der Waals surface area contributed by atoms with Gasteiger partial charge in [-0.15, -0.1) is 0 Å². The molecule has 0 aliphatic heterocycles. The number of para-hydroxylation sites is 1. The predicted molar refractivity (Wildman–Crippen MR) is 71.1 cm³/mol. The highest BCUT2D eigenvalue weighted by molar-refractivity contribution is 5.82. The van der Waals surface area contributed by atoms with Gasteiger partial charge in [0.25, 0.3) is 0 Å². The molecule has 0 bridgehead atoms. The summed E-state index contributed by atoms with van der Waals surface area (Å²) in [7, 11) is 0. The van der Waals surface area contributed by atoms with Crippen LogP contribution in [0.3, 0.4) is 0 Å². The van der Waals surface area contributed by atoms with Crippen LogP contribution in [0.15, 0.2) is 30.3 Å². The molecule has 3 heteroatoms. The summed E-state index contributed by atoms with van der Waals surface area (Å²) in [5.41, 5.74) is 6.78. The van der Waals surface area contributed by atoms with Crippen molar-refractivity contribution in [1.82, 2.24) is 4.98 Å². The van der Waals surface area contributed by atoms with Crippen LogP contribution in [-0.2, 0) is 0 Å². The molecule has 2 N–H and O–H groups in total. The second kappa shape index (κ2) is 5.04. The lowest BCUT2D eigenvalue weighted by Crippen LogP contribution is -2.09. The van der Waals surface area contributed by atoms with Crippen LogP contribution in [0.5, 0.6) is 5.75 Å². The Labute approximate surface area is 102 Å². The third-order valence-corrected chi connectivity index (χ3v) is 2.94. The lowest BCUT2D eigenvalue weighted by molar-refractivity contribution is 0.257. The molecule has 1 heterocycles. The van der Waals surface area contributed by atoms with Gasteiger partial charge in [-0.3, -0.25) is 0 Å². The first-order chi connectivity index (χ1) is 8.20. The summed E-state index contributed by atoms with van der Waals surface area (Å²) < 4.78 is 5.71. The number of benzene rings is 1. The zero-order chi connectivity index (χ0) is 12.3. The molecule has 0 aliphatic carbocycles. The van der Waals surface area contributed by atoms with Crippen molar-refractivity contribution in [3.63, 3.8) is 0 Å². The van der Waals surface area contributed by atoms with Crippen molar-refractivity contribution in [2.45, 2.75) is 20.3 Å². The SMILES string of the molecule is CCC(C)COc1cc2ccccc2nc1N. The first-order valence-corrected chi connectivity index (χ1v) is 5.98. The van der Waals surface area contributed by atoms with Crippen molar-refractivity contribution in [3.8, 4) is 5.75 Å². The second-order valence-electron chi connectivity index (χ2n) is 4.39. The molecule has 0 amide bonds. The van der Waals surface area contributed by atoms with Gasteiger partial charge in [0, 0.05) is 5.39 Å². The zero-order valence-electron chi connectivity index (χ0n) is 10.3. The third kappa shape index (κ3) is 2.67. The molecule has 1 aromatic heterocycles. The number of aromatic nitrogens is 1. The van der Waals surface area contributed by atoms with Gasteiger partial charge < -0.3 is 10.5 Å². The standard InChI is InChI=1S/C14H18N2O/c1-3-10(2)9-17-13-8-11-6-4-5-7-12(11)16-14(13)15/h4-8,10H,3,9H2,1-2H3,(H2,15,16). The summed E-state index contributed by atoms with van der Waals surface area (Å²) in [5, 5.41) is 1.06. The summed E-state index contributed by atoms with van der Waals surface area (Å²) in [6, 6.07) is 9.86. The monoisotopic (exact) mass is 230 g/mol. The first-order valence-electron chi connectivity index (χ1n) is 5.98. The molecule has 1 unspecified atom stereocenters. The molecule has 3 nitrogen and oxygen atoms in total. The Kier molecular flexibility index (Phi) is 3.47. The Morgan fingerprint density at radius 2 is 2.12 bits per heavy atom. The van der Waals surface area contributed by atoms with Crippen molar-refractivity contribution < 1.29 is 4.74 Å². The third-order valence-electron chi connectivity index (χ3n) is 2.94. The average Bonchev–Trinajstić information content (AvgIpc) is 2.35. The normalized spacial score (nSPS) is 12.6. The number of hydrogen-bond donors (Lipinski definition) is 1. The molecule has 1 aromatic carbocycles.